The number of hydrogen-bond donors (Lipinski definition) is 1. The van der Waals surface area contributed by atoms with Gasteiger partial charge in [0.1, 0.15) is 0 Å². The molecule has 98 valence electrons. The molecule has 2 rings (SSSR count). The standard InChI is InChI=1S/C16H16BrNO/c1-2-15(12-7-4-3-5-8-12)16(19)18-14-10-6-9-13(17)11-14/h3-11,15H,2H2,1H3,(H,18,19). The van der Waals surface area contributed by atoms with E-state index in [1.165, 1.54) is 0 Å². The molecule has 0 bridgehead atoms. The Bertz CT molecular complexity index is 554. The first-order chi connectivity index (χ1) is 9.20. The summed E-state index contributed by atoms with van der Waals surface area (Å²) in [7, 11) is 0. The fourth-order valence-corrected chi connectivity index (χ4v) is 2.45. The molecule has 0 saturated heterocycles. The minimum atomic E-state index is -0.111. The number of benzene rings is 2. The number of carbonyl (C=O) groups is 1. The van der Waals surface area contributed by atoms with Crippen molar-refractivity contribution in [3.8, 4) is 0 Å². The molecule has 19 heavy (non-hydrogen) atoms. The predicted octanol–water partition coefficient (Wildman–Crippen LogP) is 4.58. The third kappa shape index (κ3) is 3.67. The highest BCUT2D eigenvalue weighted by Gasteiger charge is 2.18. The average Bonchev–Trinajstić information content (AvgIpc) is 2.41. The number of anilines is 1. The molecular weight excluding hydrogens is 302 g/mol. The highest BCUT2D eigenvalue weighted by Crippen LogP contribution is 2.22. The molecule has 2 aromatic rings. The van der Waals surface area contributed by atoms with Crippen molar-refractivity contribution < 1.29 is 4.79 Å². The Morgan fingerprint density at radius 1 is 1.16 bits per heavy atom. The molecule has 2 aromatic carbocycles. The maximum Gasteiger partial charge on any atom is 0.231 e. The van der Waals surface area contributed by atoms with Crippen molar-refractivity contribution in [1.82, 2.24) is 0 Å². The Morgan fingerprint density at radius 3 is 2.53 bits per heavy atom. The number of hydrogen-bond acceptors (Lipinski definition) is 1. The lowest BCUT2D eigenvalue weighted by atomic mass is 9.95. The molecule has 0 aliphatic rings. The second-order valence-electron chi connectivity index (χ2n) is 4.37. The van der Waals surface area contributed by atoms with Crippen LogP contribution in [0.5, 0.6) is 0 Å². The van der Waals surface area contributed by atoms with Crippen LogP contribution in [0.4, 0.5) is 5.69 Å². The monoisotopic (exact) mass is 317 g/mol. The zero-order valence-electron chi connectivity index (χ0n) is 10.8. The van der Waals surface area contributed by atoms with Gasteiger partial charge in [0, 0.05) is 10.2 Å². The van der Waals surface area contributed by atoms with E-state index in [4.69, 9.17) is 0 Å². The van der Waals surface area contributed by atoms with Crippen molar-refractivity contribution in [3.05, 3.63) is 64.6 Å². The van der Waals surface area contributed by atoms with Crippen molar-refractivity contribution >= 4 is 27.5 Å². The summed E-state index contributed by atoms with van der Waals surface area (Å²) >= 11 is 3.40. The molecule has 1 amide bonds. The number of halogens is 1. The fourth-order valence-electron chi connectivity index (χ4n) is 2.05. The van der Waals surface area contributed by atoms with Crippen LogP contribution in [0, 0.1) is 0 Å². The van der Waals surface area contributed by atoms with Gasteiger partial charge in [-0.1, -0.05) is 59.3 Å². The van der Waals surface area contributed by atoms with Crippen molar-refractivity contribution in [2.75, 3.05) is 5.32 Å². The molecule has 0 spiro atoms. The van der Waals surface area contributed by atoms with Gasteiger partial charge in [0.15, 0.2) is 0 Å². The zero-order valence-corrected chi connectivity index (χ0v) is 12.4. The van der Waals surface area contributed by atoms with Gasteiger partial charge in [-0.05, 0) is 30.2 Å². The summed E-state index contributed by atoms with van der Waals surface area (Å²) < 4.78 is 0.957. The van der Waals surface area contributed by atoms with Crippen LogP contribution in [0.1, 0.15) is 24.8 Å². The quantitative estimate of drug-likeness (QED) is 0.878. The van der Waals surface area contributed by atoms with Crippen LogP contribution < -0.4 is 5.32 Å². The van der Waals surface area contributed by atoms with Crippen molar-refractivity contribution in [2.24, 2.45) is 0 Å². The Morgan fingerprint density at radius 2 is 1.89 bits per heavy atom. The Balaban J connectivity index is 2.14. The molecule has 0 saturated carbocycles. The van der Waals surface area contributed by atoms with Crippen molar-refractivity contribution in [2.45, 2.75) is 19.3 Å². The maximum absolute atomic E-state index is 12.3. The van der Waals surface area contributed by atoms with Gasteiger partial charge in [-0.2, -0.15) is 0 Å². The molecular formula is C16H16BrNO. The van der Waals surface area contributed by atoms with Crippen LogP contribution in [-0.2, 0) is 4.79 Å². The molecule has 0 aromatic heterocycles. The van der Waals surface area contributed by atoms with Gasteiger partial charge in [-0.3, -0.25) is 4.79 Å². The van der Waals surface area contributed by atoms with E-state index in [-0.39, 0.29) is 11.8 Å². The van der Waals surface area contributed by atoms with Crippen LogP contribution in [0.15, 0.2) is 59.1 Å². The largest absolute Gasteiger partial charge is 0.326 e. The summed E-state index contributed by atoms with van der Waals surface area (Å²) in [5.74, 6) is -0.0769. The molecule has 2 nitrogen and oxygen atoms in total. The van der Waals surface area contributed by atoms with Crippen LogP contribution >= 0.6 is 15.9 Å². The van der Waals surface area contributed by atoms with Crippen molar-refractivity contribution in [3.63, 3.8) is 0 Å². The molecule has 3 heteroatoms. The SMILES string of the molecule is CCC(C(=O)Nc1cccc(Br)c1)c1ccccc1. The van der Waals surface area contributed by atoms with Crippen LogP contribution in [0.3, 0.4) is 0 Å². The van der Waals surface area contributed by atoms with Gasteiger partial charge in [0.25, 0.3) is 0 Å². The van der Waals surface area contributed by atoms with E-state index in [0.717, 1.165) is 22.1 Å². The lowest BCUT2D eigenvalue weighted by Crippen LogP contribution is -2.20. The van der Waals surface area contributed by atoms with Crippen LogP contribution in [0.25, 0.3) is 0 Å². The lowest BCUT2D eigenvalue weighted by molar-refractivity contribution is -0.117. The minimum Gasteiger partial charge on any atom is -0.326 e. The van der Waals surface area contributed by atoms with E-state index in [0.29, 0.717) is 0 Å². The van der Waals surface area contributed by atoms with E-state index in [1.54, 1.807) is 0 Å². The summed E-state index contributed by atoms with van der Waals surface area (Å²) in [5.41, 5.74) is 1.87. The molecule has 1 unspecified atom stereocenters. The van der Waals surface area contributed by atoms with Gasteiger partial charge in [0.2, 0.25) is 5.91 Å². The maximum atomic E-state index is 12.3. The fraction of sp³-hybridized carbons (Fsp3) is 0.188. The van der Waals surface area contributed by atoms with E-state index in [9.17, 15) is 4.79 Å². The minimum absolute atomic E-state index is 0.0341. The van der Waals surface area contributed by atoms with Gasteiger partial charge in [-0.25, -0.2) is 0 Å². The molecule has 0 aliphatic carbocycles. The summed E-state index contributed by atoms with van der Waals surface area (Å²) in [5, 5.41) is 2.96. The number of rotatable bonds is 4. The third-order valence-corrected chi connectivity index (χ3v) is 3.51. The first-order valence-electron chi connectivity index (χ1n) is 6.32. The van der Waals surface area contributed by atoms with Crippen LogP contribution in [-0.4, -0.2) is 5.91 Å². The van der Waals surface area contributed by atoms with Gasteiger partial charge < -0.3 is 5.32 Å². The highest BCUT2D eigenvalue weighted by molar-refractivity contribution is 9.10. The smallest absolute Gasteiger partial charge is 0.231 e. The Labute approximate surface area is 122 Å². The third-order valence-electron chi connectivity index (χ3n) is 3.02. The Kier molecular flexibility index (Phi) is 4.74. The number of nitrogens with one attached hydrogen (secondary N) is 1. The number of carbonyl (C=O) groups excluding carboxylic acids is 1. The zero-order chi connectivity index (χ0) is 13.7. The summed E-state index contributed by atoms with van der Waals surface area (Å²) in [4.78, 5) is 12.3. The summed E-state index contributed by atoms with van der Waals surface area (Å²) in [6.45, 7) is 2.03. The molecule has 0 radical (unpaired) electrons. The number of amides is 1. The van der Waals surface area contributed by atoms with Crippen molar-refractivity contribution in [1.29, 1.82) is 0 Å². The van der Waals surface area contributed by atoms with E-state index < -0.39 is 0 Å². The van der Waals surface area contributed by atoms with Gasteiger partial charge in [-0.15, -0.1) is 0 Å². The highest BCUT2D eigenvalue weighted by atomic mass is 79.9. The van der Waals surface area contributed by atoms with E-state index in [1.807, 2.05) is 61.5 Å². The summed E-state index contributed by atoms with van der Waals surface area (Å²) in [6.07, 6.45) is 0.782. The molecule has 0 fully saturated rings. The second kappa shape index (κ2) is 6.53. The molecule has 1 atom stereocenters. The first kappa shape index (κ1) is 13.8. The second-order valence-corrected chi connectivity index (χ2v) is 5.29. The topological polar surface area (TPSA) is 29.1 Å². The summed E-state index contributed by atoms with van der Waals surface area (Å²) in [6, 6.07) is 17.5. The normalized spacial score (nSPS) is 11.9. The average molecular weight is 318 g/mol. The molecule has 0 heterocycles. The first-order valence-corrected chi connectivity index (χ1v) is 7.11. The molecule has 1 N–H and O–H groups in total. The van der Waals surface area contributed by atoms with Crippen LogP contribution in [0.2, 0.25) is 0 Å². The Hall–Kier alpha value is -1.61. The van der Waals surface area contributed by atoms with E-state index >= 15 is 0 Å². The lowest BCUT2D eigenvalue weighted by Gasteiger charge is -2.15. The predicted molar refractivity (Wildman–Crippen MR) is 82.2 cm³/mol. The van der Waals surface area contributed by atoms with Gasteiger partial charge in [0.05, 0.1) is 5.92 Å². The molecule has 0 aliphatic heterocycles. The van der Waals surface area contributed by atoms with E-state index in [2.05, 4.69) is 21.2 Å². The van der Waals surface area contributed by atoms with Gasteiger partial charge >= 0.3 is 0 Å².